The summed E-state index contributed by atoms with van der Waals surface area (Å²) in [7, 11) is -2.43. The van der Waals surface area contributed by atoms with Crippen LogP contribution in [0.4, 0.5) is 15.8 Å². The third-order valence-electron chi connectivity index (χ3n) is 2.91. The summed E-state index contributed by atoms with van der Waals surface area (Å²) in [4.78, 5) is -0.295. The first kappa shape index (κ1) is 15.1. The average molecular weight is 310 g/mol. The fourth-order valence-corrected chi connectivity index (χ4v) is 3.09. The lowest BCUT2D eigenvalue weighted by Crippen LogP contribution is -2.15. The number of benzene rings is 2. The van der Waals surface area contributed by atoms with E-state index in [1.165, 1.54) is 13.2 Å². The van der Waals surface area contributed by atoms with Crippen LogP contribution >= 0.6 is 0 Å². The number of nitrogens with one attached hydrogen (secondary N) is 1. The van der Waals surface area contributed by atoms with E-state index >= 15 is 0 Å². The van der Waals surface area contributed by atoms with Crippen molar-refractivity contribution in [2.24, 2.45) is 0 Å². The van der Waals surface area contributed by atoms with Gasteiger partial charge in [-0.1, -0.05) is 0 Å². The number of ether oxygens (including phenoxy) is 1. The van der Waals surface area contributed by atoms with Crippen molar-refractivity contribution in [1.29, 1.82) is 0 Å². The van der Waals surface area contributed by atoms with E-state index in [1.807, 2.05) is 0 Å². The highest BCUT2D eigenvalue weighted by molar-refractivity contribution is 7.92. The van der Waals surface area contributed by atoms with Crippen LogP contribution in [0.15, 0.2) is 41.3 Å². The van der Waals surface area contributed by atoms with Gasteiger partial charge in [0, 0.05) is 5.69 Å². The molecule has 0 atom stereocenters. The van der Waals surface area contributed by atoms with Crippen molar-refractivity contribution >= 4 is 21.4 Å². The third kappa shape index (κ3) is 3.25. The van der Waals surface area contributed by atoms with E-state index < -0.39 is 15.8 Å². The molecule has 5 nitrogen and oxygen atoms in total. The first-order valence-electron chi connectivity index (χ1n) is 6.06. The topological polar surface area (TPSA) is 81.4 Å². The summed E-state index contributed by atoms with van der Waals surface area (Å²) in [5, 5.41) is 0. The summed E-state index contributed by atoms with van der Waals surface area (Å²) in [6.45, 7) is 1.78. The van der Waals surface area contributed by atoms with Gasteiger partial charge in [-0.25, -0.2) is 12.8 Å². The van der Waals surface area contributed by atoms with Gasteiger partial charge in [0.1, 0.15) is 16.5 Å². The molecular weight excluding hydrogens is 295 g/mol. The van der Waals surface area contributed by atoms with E-state index in [1.54, 1.807) is 25.1 Å². The summed E-state index contributed by atoms with van der Waals surface area (Å²) in [5.41, 5.74) is 6.69. The van der Waals surface area contributed by atoms with Crippen LogP contribution in [0.3, 0.4) is 0 Å². The molecule has 2 rings (SSSR count). The number of methoxy groups -OCH3 is 1. The molecule has 0 fully saturated rings. The molecule has 0 heterocycles. The second-order valence-electron chi connectivity index (χ2n) is 4.47. The smallest absolute Gasteiger partial charge is 0.264 e. The molecule has 112 valence electrons. The predicted octanol–water partition coefficient (Wildman–Crippen LogP) is 2.53. The quantitative estimate of drug-likeness (QED) is 0.850. The molecule has 21 heavy (non-hydrogen) atoms. The second kappa shape index (κ2) is 5.61. The van der Waals surface area contributed by atoms with Crippen molar-refractivity contribution in [3.63, 3.8) is 0 Å². The molecule has 0 aliphatic rings. The van der Waals surface area contributed by atoms with Gasteiger partial charge in [-0.15, -0.1) is 0 Å². The number of hydrogen-bond donors (Lipinski definition) is 2. The predicted molar refractivity (Wildman–Crippen MR) is 79.4 cm³/mol. The van der Waals surface area contributed by atoms with Crippen LogP contribution in [0.1, 0.15) is 5.56 Å². The molecule has 0 saturated carbocycles. The maximum absolute atomic E-state index is 13.2. The highest BCUT2D eigenvalue weighted by Gasteiger charge is 2.18. The molecule has 0 aromatic heterocycles. The largest absolute Gasteiger partial charge is 0.496 e. The summed E-state index contributed by atoms with van der Waals surface area (Å²) >= 11 is 0. The zero-order valence-corrected chi connectivity index (χ0v) is 12.4. The van der Waals surface area contributed by atoms with Crippen molar-refractivity contribution < 1.29 is 17.5 Å². The monoisotopic (exact) mass is 310 g/mol. The minimum absolute atomic E-state index is 0.0193. The molecule has 0 saturated heterocycles. The van der Waals surface area contributed by atoms with Crippen LogP contribution in [0.25, 0.3) is 0 Å². The van der Waals surface area contributed by atoms with Gasteiger partial charge in [0.05, 0.1) is 12.8 Å². The molecule has 0 radical (unpaired) electrons. The first-order chi connectivity index (χ1) is 9.83. The fraction of sp³-hybridized carbons (Fsp3) is 0.143. The molecule has 0 aliphatic heterocycles. The standard InChI is InChI=1S/C14H15FN2O3S/c1-9-7-11(4-6-13(9)20-2)17-21(18,19)14-8-10(15)3-5-12(14)16/h3-8,17H,16H2,1-2H3. The van der Waals surface area contributed by atoms with Gasteiger partial charge in [-0.2, -0.15) is 0 Å². The van der Waals surface area contributed by atoms with Crippen LogP contribution in [0, 0.1) is 12.7 Å². The Morgan fingerprint density at radius 2 is 1.90 bits per heavy atom. The van der Waals surface area contributed by atoms with Crippen LogP contribution in [-0.2, 0) is 10.0 Å². The number of hydrogen-bond acceptors (Lipinski definition) is 4. The number of aryl methyl sites for hydroxylation is 1. The van der Waals surface area contributed by atoms with Crippen molar-refractivity contribution in [3.8, 4) is 5.75 Å². The van der Waals surface area contributed by atoms with E-state index in [9.17, 15) is 12.8 Å². The summed E-state index contributed by atoms with van der Waals surface area (Å²) in [5.74, 6) is -0.0290. The maximum Gasteiger partial charge on any atom is 0.264 e. The number of halogens is 1. The Kier molecular flexibility index (Phi) is 4.04. The maximum atomic E-state index is 13.2. The lowest BCUT2D eigenvalue weighted by atomic mass is 10.2. The Hall–Kier alpha value is -2.28. The van der Waals surface area contributed by atoms with Gasteiger partial charge < -0.3 is 10.5 Å². The molecule has 7 heteroatoms. The fourth-order valence-electron chi connectivity index (χ4n) is 1.89. The van der Waals surface area contributed by atoms with E-state index in [0.717, 1.165) is 17.7 Å². The molecule has 0 bridgehead atoms. The van der Waals surface area contributed by atoms with Gasteiger partial charge in [-0.05, 0) is 48.9 Å². The SMILES string of the molecule is COc1ccc(NS(=O)(=O)c2cc(F)ccc2N)cc1C. The summed E-state index contributed by atoms with van der Waals surface area (Å²) in [6, 6.07) is 8.01. The lowest BCUT2D eigenvalue weighted by molar-refractivity contribution is 0.412. The normalized spacial score (nSPS) is 11.2. The first-order valence-corrected chi connectivity index (χ1v) is 7.54. The van der Waals surface area contributed by atoms with E-state index in [2.05, 4.69) is 4.72 Å². The zero-order valence-electron chi connectivity index (χ0n) is 11.6. The van der Waals surface area contributed by atoms with E-state index in [-0.39, 0.29) is 10.6 Å². The van der Waals surface area contributed by atoms with Gasteiger partial charge in [-0.3, -0.25) is 4.72 Å². The lowest BCUT2D eigenvalue weighted by Gasteiger charge is -2.12. The highest BCUT2D eigenvalue weighted by Crippen LogP contribution is 2.25. The molecule has 0 amide bonds. The number of anilines is 2. The minimum atomic E-state index is -3.96. The van der Waals surface area contributed by atoms with E-state index in [4.69, 9.17) is 10.5 Å². The van der Waals surface area contributed by atoms with Crippen molar-refractivity contribution in [1.82, 2.24) is 0 Å². The van der Waals surface area contributed by atoms with Crippen LogP contribution < -0.4 is 15.2 Å². The Balaban J connectivity index is 2.37. The molecule has 0 spiro atoms. The van der Waals surface area contributed by atoms with Crippen LogP contribution in [-0.4, -0.2) is 15.5 Å². The molecule has 0 aliphatic carbocycles. The second-order valence-corrected chi connectivity index (χ2v) is 6.12. The number of rotatable bonds is 4. The molecule has 2 aromatic carbocycles. The summed E-state index contributed by atoms with van der Waals surface area (Å²) in [6.07, 6.45) is 0. The number of sulfonamides is 1. The van der Waals surface area contributed by atoms with Gasteiger partial charge in [0.25, 0.3) is 10.0 Å². The number of nitrogen functional groups attached to an aromatic ring is 1. The molecule has 3 N–H and O–H groups in total. The average Bonchev–Trinajstić information content (AvgIpc) is 2.41. The zero-order chi connectivity index (χ0) is 15.6. The van der Waals surface area contributed by atoms with Crippen molar-refractivity contribution in [2.75, 3.05) is 17.6 Å². The van der Waals surface area contributed by atoms with Crippen LogP contribution in [0.2, 0.25) is 0 Å². The molecular formula is C14H15FN2O3S. The summed E-state index contributed by atoms with van der Waals surface area (Å²) < 4.78 is 45.2. The third-order valence-corrected chi connectivity index (χ3v) is 4.35. The molecule has 2 aromatic rings. The van der Waals surface area contributed by atoms with Gasteiger partial charge in [0.2, 0.25) is 0 Å². The highest BCUT2D eigenvalue weighted by atomic mass is 32.2. The minimum Gasteiger partial charge on any atom is -0.496 e. The Bertz CT molecular complexity index is 776. The Labute approximate surface area is 122 Å². The van der Waals surface area contributed by atoms with Crippen molar-refractivity contribution in [2.45, 2.75) is 11.8 Å². The van der Waals surface area contributed by atoms with Gasteiger partial charge in [0.15, 0.2) is 0 Å². The Morgan fingerprint density at radius 1 is 1.19 bits per heavy atom. The van der Waals surface area contributed by atoms with Gasteiger partial charge >= 0.3 is 0 Å². The Morgan fingerprint density at radius 3 is 2.52 bits per heavy atom. The number of nitrogens with two attached hydrogens (primary N) is 1. The van der Waals surface area contributed by atoms with Crippen LogP contribution in [0.5, 0.6) is 5.75 Å². The van der Waals surface area contributed by atoms with E-state index in [0.29, 0.717) is 11.4 Å². The molecule has 0 unspecified atom stereocenters. The van der Waals surface area contributed by atoms with Crippen molar-refractivity contribution in [3.05, 3.63) is 47.8 Å².